The Hall–Kier alpha value is -0.550. The third-order valence-corrected chi connectivity index (χ3v) is 2.32. The molecule has 0 saturated heterocycles. The molecule has 0 spiro atoms. The molecule has 0 unspecified atom stereocenters. The Labute approximate surface area is 106 Å². The van der Waals surface area contributed by atoms with Crippen molar-refractivity contribution >= 4 is 40.7 Å². The van der Waals surface area contributed by atoms with Crippen LogP contribution in [0.25, 0.3) is 0 Å². The van der Waals surface area contributed by atoms with E-state index < -0.39 is 21.7 Å². The second-order valence-electron chi connectivity index (χ2n) is 2.90. The summed E-state index contributed by atoms with van der Waals surface area (Å²) in [6.07, 6.45) is -1.72. The lowest BCUT2D eigenvalue weighted by molar-refractivity contribution is 0.0788. The highest BCUT2D eigenvalue weighted by Crippen LogP contribution is 2.29. The monoisotopic (exact) mass is 285 g/mol. The lowest BCUT2D eigenvalue weighted by Crippen LogP contribution is -2.43. The van der Waals surface area contributed by atoms with Crippen molar-refractivity contribution in [3.8, 4) is 0 Å². The summed E-state index contributed by atoms with van der Waals surface area (Å²) in [6, 6.07) is 5.25. The molecule has 1 amide bonds. The molecule has 1 aromatic carbocycles. The maximum Gasteiger partial charge on any atom is 0.256 e. The van der Waals surface area contributed by atoms with Gasteiger partial charge in [-0.05, 0) is 12.1 Å². The van der Waals surface area contributed by atoms with Gasteiger partial charge in [0.05, 0.1) is 5.56 Å². The molecule has 7 heteroatoms. The molecule has 0 radical (unpaired) electrons. The Morgan fingerprint density at radius 2 is 1.94 bits per heavy atom. The van der Waals surface area contributed by atoms with Crippen LogP contribution < -0.4 is 5.32 Å². The molecule has 2 N–H and O–H groups in total. The molecule has 1 atom stereocenters. The Bertz CT molecular complexity index is 395. The first kappa shape index (κ1) is 13.5. The van der Waals surface area contributed by atoms with Crippen LogP contribution in [0.3, 0.4) is 0 Å². The van der Waals surface area contributed by atoms with E-state index >= 15 is 0 Å². The number of hydrogen-bond acceptors (Lipinski definition) is 2. The first-order valence-corrected chi connectivity index (χ1v) is 5.26. The van der Waals surface area contributed by atoms with Gasteiger partial charge in [0.2, 0.25) is 3.79 Å². The number of alkyl halides is 3. The van der Waals surface area contributed by atoms with Gasteiger partial charge in [-0.25, -0.2) is 4.39 Å². The van der Waals surface area contributed by atoms with E-state index in [1.807, 2.05) is 5.32 Å². The van der Waals surface area contributed by atoms with Gasteiger partial charge >= 0.3 is 0 Å². The Morgan fingerprint density at radius 1 is 1.38 bits per heavy atom. The molecule has 0 heterocycles. The number of nitrogens with one attached hydrogen (secondary N) is 1. The number of carbonyl (C=O) groups excluding carboxylic acids is 1. The summed E-state index contributed by atoms with van der Waals surface area (Å²) in [4.78, 5) is 11.4. The van der Waals surface area contributed by atoms with Crippen LogP contribution in [0.2, 0.25) is 0 Å². The largest absolute Gasteiger partial charge is 0.369 e. The van der Waals surface area contributed by atoms with Gasteiger partial charge in [0.15, 0.2) is 6.23 Å². The Morgan fingerprint density at radius 3 is 2.44 bits per heavy atom. The van der Waals surface area contributed by atoms with Gasteiger partial charge in [-0.1, -0.05) is 46.9 Å². The standard InChI is InChI=1S/C9H7Cl3FNO2/c10-9(11,12)8(16)14-7(15)5-3-1-2-4-6(5)13/h1-4,8,16H,(H,14,15)/t8-/m1/s1. The van der Waals surface area contributed by atoms with E-state index in [0.717, 1.165) is 6.07 Å². The predicted molar refractivity (Wildman–Crippen MR) is 60.2 cm³/mol. The minimum absolute atomic E-state index is 0.240. The van der Waals surface area contributed by atoms with Crippen LogP contribution in [0.15, 0.2) is 24.3 Å². The first-order chi connectivity index (χ1) is 7.32. The van der Waals surface area contributed by atoms with Crippen molar-refractivity contribution in [3.05, 3.63) is 35.6 Å². The highest BCUT2D eigenvalue weighted by atomic mass is 35.6. The van der Waals surface area contributed by atoms with E-state index in [1.54, 1.807) is 0 Å². The number of carbonyl (C=O) groups is 1. The van der Waals surface area contributed by atoms with E-state index in [4.69, 9.17) is 34.8 Å². The summed E-state index contributed by atoms with van der Waals surface area (Å²) in [5.74, 6) is -1.59. The summed E-state index contributed by atoms with van der Waals surface area (Å²) in [5.41, 5.74) is -0.240. The van der Waals surface area contributed by atoms with Crippen LogP contribution in [0.5, 0.6) is 0 Å². The van der Waals surface area contributed by atoms with Crippen LogP contribution in [0, 0.1) is 5.82 Å². The summed E-state index contributed by atoms with van der Waals surface area (Å²) in [6.45, 7) is 0. The van der Waals surface area contributed by atoms with Crippen molar-refractivity contribution in [3.63, 3.8) is 0 Å². The highest BCUT2D eigenvalue weighted by Gasteiger charge is 2.32. The minimum Gasteiger partial charge on any atom is -0.369 e. The molecular weight excluding hydrogens is 279 g/mol. The number of amides is 1. The molecule has 1 rings (SSSR count). The van der Waals surface area contributed by atoms with E-state index in [0.29, 0.717) is 0 Å². The van der Waals surface area contributed by atoms with Crippen molar-refractivity contribution in [2.24, 2.45) is 0 Å². The molecule has 0 aliphatic heterocycles. The second-order valence-corrected chi connectivity index (χ2v) is 5.27. The number of benzene rings is 1. The molecule has 0 bridgehead atoms. The van der Waals surface area contributed by atoms with Crippen LogP contribution in [-0.2, 0) is 0 Å². The third-order valence-electron chi connectivity index (χ3n) is 1.70. The van der Waals surface area contributed by atoms with Gasteiger partial charge < -0.3 is 10.4 Å². The number of rotatable bonds is 2. The number of halogens is 4. The third kappa shape index (κ3) is 3.49. The number of hydrogen-bond donors (Lipinski definition) is 2. The van der Waals surface area contributed by atoms with E-state index in [2.05, 4.69) is 0 Å². The predicted octanol–water partition coefficient (Wildman–Crippen LogP) is 2.24. The fraction of sp³-hybridized carbons (Fsp3) is 0.222. The maximum atomic E-state index is 13.1. The van der Waals surface area contributed by atoms with Crippen molar-refractivity contribution in [2.75, 3.05) is 0 Å². The molecule has 1 aromatic rings. The number of aliphatic hydroxyl groups is 1. The lowest BCUT2D eigenvalue weighted by atomic mass is 10.2. The molecule has 0 aromatic heterocycles. The zero-order valence-electron chi connectivity index (χ0n) is 7.75. The fourth-order valence-corrected chi connectivity index (χ4v) is 1.09. The van der Waals surface area contributed by atoms with Crippen molar-refractivity contribution in [2.45, 2.75) is 10.0 Å². The van der Waals surface area contributed by atoms with E-state index in [1.165, 1.54) is 18.2 Å². The first-order valence-electron chi connectivity index (χ1n) is 4.12. The lowest BCUT2D eigenvalue weighted by Gasteiger charge is -2.19. The van der Waals surface area contributed by atoms with Gasteiger partial charge in [-0.15, -0.1) is 0 Å². The van der Waals surface area contributed by atoms with Gasteiger partial charge in [-0.2, -0.15) is 0 Å². The fourth-order valence-electron chi connectivity index (χ4n) is 0.929. The van der Waals surface area contributed by atoms with Crippen LogP contribution in [0.1, 0.15) is 10.4 Å². The Balaban J connectivity index is 2.78. The van der Waals surface area contributed by atoms with Crippen LogP contribution >= 0.6 is 34.8 Å². The summed E-state index contributed by atoms with van der Waals surface area (Å²) in [5, 5.41) is 11.2. The molecule has 0 fully saturated rings. The average Bonchev–Trinajstić information content (AvgIpc) is 2.16. The van der Waals surface area contributed by atoms with Crippen molar-refractivity contribution in [1.29, 1.82) is 0 Å². The number of aliphatic hydroxyl groups excluding tert-OH is 1. The average molecular weight is 287 g/mol. The summed E-state index contributed by atoms with van der Waals surface area (Å²) >= 11 is 16.0. The van der Waals surface area contributed by atoms with E-state index in [9.17, 15) is 14.3 Å². The quantitative estimate of drug-likeness (QED) is 0.647. The SMILES string of the molecule is O=C(N[C@H](O)C(Cl)(Cl)Cl)c1ccccc1F. The van der Waals surface area contributed by atoms with E-state index in [-0.39, 0.29) is 5.56 Å². The summed E-state index contributed by atoms with van der Waals surface area (Å²) in [7, 11) is 0. The molecule has 3 nitrogen and oxygen atoms in total. The zero-order chi connectivity index (χ0) is 12.3. The normalized spacial score (nSPS) is 13.3. The van der Waals surface area contributed by atoms with Crippen molar-refractivity contribution < 1.29 is 14.3 Å². The van der Waals surface area contributed by atoms with Gasteiger partial charge in [0, 0.05) is 0 Å². The maximum absolute atomic E-state index is 13.1. The molecule has 0 aliphatic carbocycles. The highest BCUT2D eigenvalue weighted by molar-refractivity contribution is 6.68. The summed E-state index contributed by atoms with van der Waals surface area (Å²) < 4.78 is 11.1. The van der Waals surface area contributed by atoms with Crippen molar-refractivity contribution in [1.82, 2.24) is 5.32 Å². The molecule has 0 aliphatic rings. The second kappa shape index (κ2) is 5.19. The smallest absolute Gasteiger partial charge is 0.256 e. The van der Waals surface area contributed by atoms with Crippen LogP contribution in [-0.4, -0.2) is 21.0 Å². The van der Waals surface area contributed by atoms with Crippen LogP contribution in [0.4, 0.5) is 4.39 Å². The molecular formula is C9H7Cl3FNO2. The molecule has 16 heavy (non-hydrogen) atoms. The van der Waals surface area contributed by atoms with Gasteiger partial charge in [0.25, 0.3) is 5.91 Å². The zero-order valence-corrected chi connectivity index (χ0v) is 10.0. The van der Waals surface area contributed by atoms with Gasteiger partial charge in [-0.3, -0.25) is 4.79 Å². The molecule has 0 saturated carbocycles. The topological polar surface area (TPSA) is 49.3 Å². The minimum atomic E-state index is -2.07. The Kier molecular flexibility index (Phi) is 4.38. The van der Waals surface area contributed by atoms with Gasteiger partial charge in [0.1, 0.15) is 5.82 Å². The molecule has 88 valence electrons.